The Hall–Kier alpha value is -3.91. The van der Waals surface area contributed by atoms with Gasteiger partial charge in [-0.3, -0.25) is 14.7 Å². The summed E-state index contributed by atoms with van der Waals surface area (Å²) in [5, 5.41) is 13.5. The number of fused-ring (bicyclic) bond motifs is 1. The molecule has 2 amide bonds. The minimum atomic E-state index is -0.670. The molecule has 2 heterocycles. The summed E-state index contributed by atoms with van der Waals surface area (Å²) in [4.78, 5) is 27.8. The molecule has 4 aromatic rings. The van der Waals surface area contributed by atoms with E-state index in [1.54, 1.807) is 6.07 Å². The zero-order valence-corrected chi connectivity index (χ0v) is 16.9. The van der Waals surface area contributed by atoms with Crippen molar-refractivity contribution >= 4 is 22.7 Å². The highest BCUT2D eigenvalue weighted by atomic mass is 16.2. The summed E-state index contributed by atoms with van der Waals surface area (Å²) < 4.78 is 0. The molecule has 0 saturated heterocycles. The average Bonchev–Trinajstić information content (AvgIpc) is 3.45. The number of rotatable bonds is 8. The van der Waals surface area contributed by atoms with Crippen LogP contribution in [0.15, 0.2) is 66.9 Å². The van der Waals surface area contributed by atoms with Gasteiger partial charge >= 0.3 is 0 Å². The quantitative estimate of drug-likeness (QED) is 0.281. The first kappa shape index (κ1) is 20.4. The molecular formula is C23H24N6O2. The Morgan fingerprint density at radius 3 is 2.58 bits per heavy atom. The second-order valence-corrected chi connectivity index (χ2v) is 7.25. The van der Waals surface area contributed by atoms with Crippen molar-refractivity contribution in [1.82, 2.24) is 25.8 Å². The number of hydrogen-bond acceptors (Lipinski definition) is 4. The smallest absolute Gasteiger partial charge is 0.269 e. The number of nitrogens with one attached hydrogen (secondary N) is 4. The molecule has 0 aliphatic carbocycles. The van der Waals surface area contributed by atoms with Crippen LogP contribution in [0.3, 0.4) is 0 Å². The van der Waals surface area contributed by atoms with Crippen molar-refractivity contribution in [3.8, 4) is 11.3 Å². The normalized spacial score (nSPS) is 11.9. The third kappa shape index (κ3) is 4.81. The van der Waals surface area contributed by atoms with Gasteiger partial charge in [-0.2, -0.15) is 5.10 Å². The molecule has 8 nitrogen and oxygen atoms in total. The maximum absolute atomic E-state index is 12.3. The first-order valence-electron chi connectivity index (χ1n) is 10.1. The van der Waals surface area contributed by atoms with Gasteiger partial charge in [0.15, 0.2) is 0 Å². The molecule has 0 radical (unpaired) electrons. The number of nitrogens with two attached hydrogens (primary N) is 1. The van der Waals surface area contributed by atoms with Gasteiger partial charge in [-0.1, -0.05) is 48.5 Å². The van der Waals surface area contributed by atoms with E-state index in [0.717, 1.165) is 22.0 Å². The third-order valence-electron chi connectivity index (χ3n) is 5.05. The fourth-order valence-corrected chi connectivity index (χ4v) is 3.41. The predicted octanol–water partition coefficient (Wildman–Crippen LogP) is 1.97. The molecule has 1 atom stereocenters. The van der Waals surface area contributed by atoms with E-state index in [2.05, 4.69) is 25.8 Å². The lowest BCUT2D eigenvalue weighted by Gasteiger charge is -2.12. The first-order chi connectivity index (χ1) is 15.1. The average molecular weight is 416 g/mol. The zero-order valence-electron chi connectivity index (χ0n) is 16.9. The number of carbonyl (C=O) groups excluding carboxylic acids is 2. The van der Waals surface area contributed by atoms with E-state index in [1.807, 2.05) is 60.8 Å². The Labute approximate surface area is 179 Å². The van der Waals surface area contributed by atoms with E-state index in [0.29, 0.717) is 17.8 Å². The molecular weight excluding hydrogens is 392 g/mol. The van der Waals surface area contributed by atoms with Crippen molar-refractivity contribution in [3.05, 3.63) is 78.1 Å². The van der Waals surface area contributed by atoms with Crippen molar-refractivity contribution in [2.45, 2.75) is 12.5 Å². The van der Waals surface area contributed by atoms with Gasteiger partial charge in [-0.15, -0.1) is 0 Å². The molecule has 0 saturated carbocycles. The molecule has 8 heteroatoms. The number of benzene rings is 2. The van der Waals surface area contributed by atoms with Crippen molar-refractivity contribution in [2.24, 2.45) is 5.73 Å². The number of H-pyrrole nitrogens is 2. The fraction of sp³-hybridized carbons (Fsp3) is 0.174. The molecule has 0 aliphatic heterocycles. The van der Waals surface area contributed by atoms with E-state index >= 15 is 0 Å². The van der Waals surface area contributed by atoms with Gasteiger partial charge in [-0.05, 0) is 24.1 Å². The van der Waals surface area contributed by atoms with Crippen LogP contribution in [0.5, 0.6) is 0 Å². The number of hydrogen-bond donors (Lipinski definition) is 5. The highest BCUT2D eigenvalue weighted by Gasteiger charge is 2.16. The molecule has 2 aromatic heterocycles. The van der Waals surface area contributed by atoms with Crippen molar-refractivity contribution in [1.29, 1.82) is 0 Å². The van der Waals surface area contributed by atoms with Gasteiger partial charge in [0.2, 0.25) is 5.91 Å². The number of para-hydroxylation sites is 1. The molecule has 2 aromatic carbocycles. The lowest BCUT2D eigenvalue weighted by atomic mass is 10.1. The number of amides is 2. The van der Waals surface area contributed by atoms with Crippen molar-refractivity contribution in [3.63, 3.8) is 0 Å². The second kappa shape index (κ2) is 9.27. The summed E-state index contributed by atoms with van der Waals surface area (Å²) in [5.74, 6) is -0.542. The minimum Gasteiger partial charge on any atom is -0.361 e. The monoisotopic (exact) mass is 416 g/mol. The van der Waals surface area contributed by atoms with Crippen LogP contribution < -0.4 is 16.4 Å². The predicted molar refractivity (Wildman–Crippen MR) is 119 cm³/mol. The molecule has 0 fully saturated rings. The van der Waals surface area contributed by atoms with Gasteiger partial charge in [-0.25, -0.2) is 0 Å². The zero-order chi connectivity index (χ0) is 21.6. The fourth-order valence-electron chi connectivity index (χ4n) is 3.41. The third-order valence-corrected chi connectivity index (χ3v) is 5.05. The summed E-state index contributed by atoms with van der Waals surface area (Å²) in [7, 11) is 0. The minimum absolute atomic E-state index is 0.257. The van der Waals surface area contributed by atoms with Crippen LogP contribution >= 0.6 is 0 Å². The van der Waals surface area contributed by atoms with E-state index in [1.165, 1.54) is 0 Å². The standard InChI is InChI=1S/C23H24N6O2/c24-18(12-16-14-27-19-9-5-4-8-17(16)19)22(30)25-10-11-26-23(31)21-13-20(28-29-21)15-6-2-1-3-7-15/h1-9,13-14,18,27H,10-12,24H2,(H,25,30)(H,26,31)(H,28,29)/t18-/m0/s1. The largest absolute Gasteiger partial charge is 0.361 e. The van der Waals surface area contributed by atoms with E-state index in [4.69, 9.17) is 5.73 Å². The molecule has 6 N–H and O–H groups in total. The lowest BCUT2D eigenvalue weighted by Crippen LogP contribution is -2.44. The maximum atomic E-state index is 12.3. The molecule has 0 bridgehead atoms. The van der Waals surface area contributed by atoms with Crippen LogP contribution in [0.1, 0.15) is 16.1 Å². The topological polar surface area (TPSA) is 129 Å². The summed E-state index contributed by atoms with van der Waals surface area (Å²) in [6, 6.07) is 18.5. The Balaban J connectivity index is 1.22. The van der Waals surface area contributed by atoms with Gasteiger partial charge in [0, 0.05) is 35.8 Å². The van der Waals surface area contributed by atoms with Gasteiger partial charge in [0.05, 0.1) is 11.7 Å². The number of aromatic nitrogens is 3. The van der Waals surface area contributed by atoms with Crippen LogP contribution in [-0.4, -0.2) is 46.1 Å². The van der Waals surface area contributed by atoms with Gasteiger partial charge in [0.1, 0.15) is 5.69 Å². The molecule has 31 heavy (non-hydrogen) atoms. The van der Waals surface area contributed by atoms with E-state index < -0.39 is 6.04 Å². The molecule has 158 valence electrons. The van der Waals surface area contributed by atoms with Gasteiger partial charge in [0.25, 0.3) is 5.91 Å². The summed E-state index contributed by atoms with van der Waals surface area (Å²) >= 11 is 0. The van der Waals surface area contributed by atoms with E-state index in [-0.39, 0.29) is 24.9 Å². The number of carbonyl (C=O) groups is 2. The Bertz CT molecular complexity index is 1180. The Kier molecular flexibility index (Phi) is 6.09. The number of aromatic amines is 2. The van der Waals surface area contributed by atoms with Crippen LogP contribution in [0.2, 0.25) is 0 Å². The highest BCUT2D eigenvalue weighted by molar-refractivity contribution is 5.93. The summed E-state index contributed by atoms with van der Waals surface area (Å²) in [6.45, 7) is 0.565. The first-order valence-corrected chi connectivity index (χ1v) is 10.1. The highest BCUT2D eigenvalue weighted by Crippen LogP contribution is 2.19. The van der Waals surface area contributed by atoms with Crippen LogP contribution in [-0.2, 0) is 11.2 Å². The van der Waals surface area contributed by atoms with Crippen LogP contribution in [0, 0.1) is 0 Å². The molecule has 4 rings (SSSR count). The Morgan fingerprint density at radius 2 is 1.74 bits per heavy atom. The SMILES string of the molecule is N[C@@H](Cc1c[nH]c2ccccc12)C(=O)NCCNC(=O)c1cc(-c2ccccc2)n[nH]1. The van der Waals surface area contributed by atoms with Gasteiger partial charge < -0.3 is 21.4 Å². The maximum Gasteiger partial charge on any atom is 0.269 e. The van der Waals surface area contributed by atoms with Crippen molar-refractivity contribution in [2.75, 3.05) is 13.1 Å². The van der Waals surface area contributed by atoms with Crippen molar-refractivity contribution < 1.29 is 9.59 Å². The van der Waals surface area contributed by atoms with Crippen LogP contribution in [0.25, 0.3) is 22.2 Å². The Morgan fingerprint density at radius 1 is 1.00 bits per heavy atom. The molecule has 0 aliphatic rings. The molecule has 0 unspecified atom stereocenters. The summed E-state index contributed by atoms with van der Waals surface area (Å²) in [5.41, 5.74) is 10.1. The lowest BCUT2D eigenvalue weighted by molar-refractivity contribution is -0.122. The number of nitrogens with zero attached hydrogens (tertiary/aromatic N) is 1. The summed E-state index contributed by atoms with van der Waals surface area (Å²) in [6.07, 6.45) is 2.31. The second-order valence-electron chi connectivity index (χ2n) is 7.25. The van der Waals surface area contributed by atoms with Crippen LogP contribution in [0.4, 0.5) is 0 Å². The molecule has 0 spiro atoms. The van der Waals surface area contributed by atoms with E-state index in [9.17, 15) is 9.59 Å².